The van der Waals surface area contributed by atoms with Gasteiger partial charge >= 0.3 is 5.97 Å². The van der Waals surface area contributed by atoms with E-state index in [1.807, 2.05) is 38.1 Å². The Kier molecular flexibility index (Phi) is 4.43. The highest BCUT2D eigenvalue weighted by atomic mass is 16.5. The lowest BCUT2D eigenvalue weighted by Crippen LogP contribution is -2.15. The van der Waals surface area contributed by atoms with Crippen molar-refractivity contribution in [3.8, 4) is 5.69 Å². The molecule has 1 aromatic heterocycles. The molecule has 25 heavy (non-hydrogen) atoms. The molecular weight excluding hydrogens is 318 g/mol. The second-order valence-electron chi connectivity index (χ2n) is 5.65. The molecule has 0 unspecified atom stereocenters. The zero-order chi connectivity index (χ0) is 18.0. The molecule has 3 aromatic rings. The van der Waals surface area contributed by atoms with Crippen LogP contribution in [-0.2, 0) is 4.74 Å². The van der Waals surface area contributed by atoms with Gasteiger partial charge in [0, 0.05) is 5.56 Å². The van der Waals surface area contributed by atoms with Crippen LogP contribution in [0.25, 0.3) is 5.69 Å². The Hall–Kier alpha value is -3.28. The highest BCUT2D eigenvalue weighted by Crippen LogP contribution is 2.20. The minimum Gasteiger partial charge on any atom is -0.464 e. The van der Waals surface area contributed by atoms with Crippen molar-refractivity contribution < 1.29 is 14.3 Å². The summed E-state index contributed by atoms with van der Waals surface area (Å²) < 4.78 is 6.13. The Labute approximate surface area is 145 Å². The number of carbonyl (C=O) groups excluding carboxylic acids is 2. The summed E-state index contributed by atoms with van der Waals surface area (Å²) in [6, 6.07) is 14.4. The van der Waals surface area contributed by atoms with Gasteiger partial charge in [0.15, 0.2) is 0 Å². The molecule has 2 aromatic carbocycles. The molecule has 0 amide bonds. The minimum absolute atomic E-state index is 0.0845. The third-order valence-corrected chi connectivity index (χ3v) is 4.04. The lowest BCUT2D eigenvalue weighted by Gasteiger charge is -2.09. The molecule has 0 aliphatic carbocycles. The van der Waals surface area contributed by atoms with Gasteiger partial charge in [-0.3, -0.25) is 4.79 Å². The Morgan fingerprint density at radius 3 is 2.36 bits per heavy atom. The van der Waals surface area contributed by atoms with Crippen LogP contribution in [0, 0.1) is 13.8 Å². The van der Waals surface area contributed by atoms with Crippen molar-refractivity contribution in [2.24, 2.45) is 0 Å². The second-order valence-corrected chi connectivity index (χ2v) is 5.65. The van der Waals surface area contributed by atoms with Crippen LogP contribution >= 0.6 is 0 Å². The number of ether oxygens (including phenoxy) is 1. The van der Waals surface area contributed by atoms with Crippen LogP contribution in [0.1, 0.15) is 37.7 Å². The topological polar surface area (TPSA) is 74.1 Å². The normalized spacial score (nSPS) is 10.5. The molecule has 0 bridgehead atoms. The van der Waals surface area contributed by atoms with E-state index in [4.69, 9.17) is 4.74 Å². The molecule has 0 N–H and O–H groups in total. The number of ketones is 1. The van der Waals surface area contributed by atoms with Gasteiger partial charge in [-0.05, 0) is 37.1 Å². The molecule has 0 saturated heterocycles. The number of nitrogens with zero attached hydrogens (tertiary/aromatic N) is 3. The minimum atomic E-state index is -0.700. The Morgan fingerprint density at radius 1 is 1.00 bits per heavy atom. The molecule has 0 spiro atoms. The summed E-state index contributed by atoms with van der Waals surface area (Å²) in [6.07, 6.45) is 0. The lowest BCUT2D eigenvalue weighted by atomic mass is 10.1. The van der Waals surface area contributed by atoms with Crippen molar-refractivity contribution in [3.05, 3.63) is 76.6 Å². The number of hydrogen-bond donors (Lipinski definition) is 0. The Morgan fingerprint density at radius 2 is 1.72 bits per heavy atom. The number of rotatable bonds is 4. The van der Waals surface area contributed by atoms with Gasteiger partial charge in [-0.25, -0.2) is 9.48 Å². The van der Waals surface area contributed by atoms with Crippen molar-refractivity contribution in [1.29, 1.82) is 0 Å². The third kappa shape index (κ3) is 3.06. The maximum atomic E-state index is 13.0. The van der Waals surface area contributed by atoms with Gasteiger partial charge in [0.25, 0.3) is 0 Å². The fraction of sp³-hybridized carbons (Fsp3) is 0.158. The van der Waals surface area contributed by atoms with Gasteiger partial charge in [-0.2, -0.15) is 0 Å². The standard InChI is InChI=1S/C19H17N3O3/c1-12-9-10-15(11-13(12)2)22-17(16(20-21-22)19(24)25-3)18(23)14-7-5-4-6-8-14/h4-11H,1-3H3. The van der Waals surface area contributed by atoms with Crippen LogP contribution < -0.4 is 0 Å². The molecule has 0 fully saturated rings. The molecule has 0 aliphatic heterocycles. The average Bonchev–Trinajstić information content (AvgIpc) is 3.08. The highest BCUT2D eigenvalue weighted by Gasteiger charge is 2.27. The van der Waals surface area contributed by atoms with Crippen molar-refractivity contribution in [2.75, 3.05) is 7.11 Å². The number of methoxy groups -OCH3 is 1. The zero-order valence-electron chi connectivity index (χ0n) is 14.2. The Bertz CT molecular complexity index is 946. The molecule has 126 valence electrons. The van der Waals surface area contributed by atoms with E-state index < -0.39 is 5.97 Å². The molecule has 6 nitrogen and oxygen atoms in total. The summed E-state index contributed by atoms with van der Waals surface area (Å²) in [5.41, 5.74) is 3.25. The maximum Gasteiger partial charge on any atom is 0.361 e. The number of hydrogen-bond acceptors (Lipinski definition) is 5. The van der Waals surface area contributed by atoms with Crippen molar-refractivity contribution in [2.45, 2.75) is 13.8 Å². The Balaban J connectivity index is 2.20. The van der Waals surface area contributed by atoms with Crippen LogP contribution in [0.5, 0.6) is 0 Å². The van der Waals surface area contributed by atoms with E-state index >= 15 is 0 Å². The fourth-order valence-corrected chi connectivity index (χ4v) is 2.48. The number of carbonyl (C=O) groups is 2. The highest BCUT2D eigenvalue weighted by molar-refractivity contribution is 6.13. The molecule has 1 heterocycles. The van der Waals surface area contributed by atoms with Gasteiger partial charge in [0.05, 0.1) is 12.8 Å². The fourth-order valence-electron chi connectivity index (χ4n) is 2.48. The van der Waals surface area contributed by atoms with Crippen LogP contribution in [0.2, 0.25) is 0 Å². The molecule has 0 atom stereocenters. The monoisotopic (exact) mass is 335 g/mol. The predicted octanol–water partition coefficient (Wildman–Crippen LogP) is 2.90. The van der Waals surface area contributed by atoms with E-state index in [-0.39, 0.29) is 17.2 Å². The number of aryl methyl sites for hydroxylation is 2. The first-order chi connectivity index (χ1) is 12.0. The third-order valence-electron chi connectivity index (χ3n) is 4.04. The summed E-state index contributed by atoms with van der Waals surface area (Å²) >= 11 is 0. The largest absolute Gasteiger partial charge is 0.464 e. The lowest BCUT2D eigenvalue weighted by molar-refractivity contribution is 0.0590. The summed E-state index contributed by atoms with van der Waals surface area (Å²) in [5, 5.41) is 7.90. The smallest absolute Gasteiger partial charge is 0.361 e. The maximum absolute atomic E-state index is 13.0. The summed E-state index contributed by atoms with van der Waals surface area (Å²) in [7, 11) is 1.24. The number of esters is 1. The predicted molar refractivity (Wildman–Crippen MR) is 92.0 cm³/mol. The zero-order valence-corrected chi connectivity index (χ0v) is 14.2. The number of aromatic nitrogens is 3. The summed E-state index contributed by atoms with van der Waals surface area (Å²) in [5.74, 6) is -1.04. The number of benzene rings is 2. The van der Waals surface area contributed by atoms with Crippen molar-refractivity contribution in [1.82, 2.24) is 15.0 Å². The van der Waals surface area contributed by atoms with Crippen LogP contribution in [0.15, 0.2) is 48.5 Å². The molecule has 6 heteroatoms. The average molecular weight is 335 g/mol. The first kappa shape index (κ1) is 16.6. The summed E-state index contributed by atoms with van der Waals surface area (Å²) in [4.78, 5) is 25.0. The van der Waals surface area contributed by atoms with E-state index in [2.05, 4.69) is 10.3 Å². The van der Waals surface area contributed by atoms with Crippen LogP contribution in [0.3, 0.4) is 0 Å². The van der Waals surface area contributed by atoms with Gasteiger partial charge in [-0.15, -0.1) is 5.10 Å². The SMILES string of the molecule is COC(=O)c1nnn(-c2ccc(C)c(C)c2)c1C(=O)c1ccccc1. The van der Waals surface area contributed by atoms with Crippen molar-refractivity contribution >= 4 is 11.8 Å². The second kappa shape index (κ2) is 6.68. The van der Waals surface area contributed by atoms with E-state index in [1.165, 1.54) is 11.8 Å². The molecule has 0 radical (unpaired) electrons. The molecule has 3 rings (SSSR count). The van der Waals surface area contributed by atoms with E-state index in [9.17, 15) is 9.59 Å². The summed E-state index contributed by atoms with van der Waals surface area (Å²) in [6.45, 7) is 3.96. The van der Waals surface area contributed by atoms with E-state index in [0.29, 0.717) is 11.3 Å². The van der Waals surface area contributed by atoms with E-state index in [0.717, 1.165) is 11.1 Å². The van der Waals surface area contributed by atoms with Crippen LogP contribution in [-0.4, -0.2) is 33.9 Å². The quantitative estimate of drug-likeness (QED) is 0.541. The van der Waals surface area contributed by atoms with Gasteiger partial charge < -0.3 is 4.74 Å². The van der Waals surface area contributed by atoms with E-state index in [1.54, 1.807) is 24.3 Å². The first-order valence-electron chi connectivity index (χ1n) is 7.74. The molecule has 0 aliphatic rings. The van der Waals surface area contributed by atoms with Crippen molar-refractivity contribution in [3.63, 3.8) is 0 Å². The van der Waals surface area contributed by atoms with Gasteiger partial charge in [0.2, 0.25) is 11.5 Å². The first-order valence-corrected chi connectivity index (χ1v) is 7.74. The van der Waals surface area contributed by atoms with Gasteiger partial charge in [0.1, 0.15) is 5.69 Å². The molecule has 0 saturated carbocycles. The van der Waals surface area contributed by atoms with Gasteiger partial charge in [-0.1, -0.05) is 41.6 Å². The van der Waals surface area contributed by atoms with Crippen LogP contribution in [0.4, 0.5) is 0 Å². The molecular formula is C19H17N3O3.